The number of quaternary nitrogens is 1. The fraction of sp³-hybridized carbons (Fsp3) is 0.196. The molecule has 0 radical (unpaired) electrons. The number of aromatic carboxylic acids is 1. The number of aliphatic carboxylic acids is 1. The number of aromatic hydroxyl groups is 1. The molecule has 5 aromatic carbocycles. The lowest BCUT2D eigenvalue weighted by atomic mass is 10.1. The van der Waals surface area contributed by atoms with E-state index in [0.717, 1.165) is 7.11 Å². The molecule has 0 spiro atoms. The van der Waals surface area contributed by atoms with E-state index < -0.39 is 70.7 Å². The molecule has 0 aliphatic rings. The standard InChI is InChI=1S/C46H46N6O15/c1-23(2)66-35-22-28(45(59)60)12-20-33(35)49-43(57)32-19-21-34(38(37(32)53)67-24(3)4)50-41(55)25-6-15-30(16-7-25)48-44(58)36(39(65-5)46(61)62)51-42(56)26-8-13-29(14-9-26)47-40(54)27-10-17-31(18-11-27)52(63)64/h6-24,36,39,52-53,63H,1-5H3,(H,47,54)(H,48,58)(H,49,57)(H,50,55)(H,51,56)(H,59,60)(H,61,62)/t36-,39-/m1/s1. The molecule has 5 rings (SSSR count). The molecule has 21 heteroatoms. The smallest absolute Gasteiger partial charge is 0.335 e. The maximum Gasteiger partial charge on any atom is 0.335 e. The van der Waals surface area contributed by atoms with Crippen molar-refractivity contribution in [1.82, 2.24) is 5.32 Å². The number of benzene rings is 5. The summed E-state index contributed by atoms with van der Waals surface area (Å²) in [7, 11) is 1.04. The zero-order valence-electron chi connectivity index (χ0n) is 36.4. The van der Waals surface area contributed by atoms with E-state index in [-0.39, 0.29) is 73.9 Å². The fourth-order valence-corrected chi connectivity index (χ4v) is 6.18. The first-order valence-corrected chi connectivity index (χ1v) is 20.2. The molecule has 0 saturated heterocycles. The molecule has 5 amide bonds. The Morgan fingerprint density at radius 1 is 0.597 bits per heavy atom. The number of amides is 5. The lowest BCUT2D eigenvalue weighted by molar-refractivity contribution is -0.991. The van der Waals surface area contributed by atoms with Crippen LogP contribution in [0.15, 0.2) is 103 Å². The van der Waals surface area contributed by atoms with Gasteiger partial charge in [-0.1, -0.05) is 0 Å². The summed E-state index contributed by atoms with van der Waals surface area (Å²) in [5.74, 6) is -7.45. The van der Waals surface area contributed by atoms with Crippen LogP contribution in [0.4, 0.5) is 28.4 Å². The van der Waals surface area contributed by atoms with Gasteiger partial charge in [-0.2, -0.15) is 5.23 Å². The van der Waals surface area contributed by atoms with Crippen LogP contribution >= 0.6 is 0 Å². The number of carboxylic acid groups (broad SMARTS) is 2. The monoisotopic (exact) mass is 922 g/mol. The molecule has 0 aliphatic heterocycles. The van der Waals surface area contributed by atoms with Crippen LogP contribution in [0.25, 0.3) is 0 Å². The quantitative estimate of drug-likeness (QED) is 0.0504. The predicted octanol–water partition coefficient (Wildman–Crippen LogP) is 4.66. The van der Waals surface area contributed by atoms with Crippen molar-refractivity contribution in [3.8, 4) is 17.2 Å². The van der Waals surface area contributed by atoms with Gasteiger partial charge in [-0.05, 0) is 119 Å². The molecule has 0 fully saturated rings. The molecule has 10 N–H and O–H groups in total. The van der Waals surface area contributed by atoms with Crippen molar-refractivity contribution >= 4 is 69.9 Å². The Kier molecular flexibility index (Phi) is 16.3. The van der Waals surface area contributed by atoms with Gasteiger partial charge in [0, 0.05) is 47.3 Å². The normalized spacial score (nSPS) is 12.3. The van der Waals surface area contributed by atoms with Gasteiger partial charge in [0.15, 0.2) is 23.3 Å². The second-order valence-electron chi connectivity index (χ2n) is 15.0. The van der Waals surface area contributed by atoms with Gasteiger partial charge in [-0.3, -0.25) is 24.0 Å². The maximum atomic E-state index is 13.5. The number of carbonyl (C=O) groups is 7. The van der Waals surface area contributed by atoms with Gasteiger partial charge in [0.25, 0.3) is 23.6 Å². The largest absolute Gasteiger partial charge is 0.595 e. The van der Waals surface area contributed by atoms with Crippen molar-refractivity contribution in [2.45, 2.75) is 52.0 Å². The minimum atomic E-state index is -1.85. The fourth-order valence-electron chi connectivity index (χ4n) is 6.18. The van der Waals surface area contributed by atoms with Crippen LogP contribution in [0, 0.1) is 5.21 Å². The zero-order valence-corrected chi connectivity index (χ0v) is 36.4. The average molecular weight is 923 g/mol. The van der Waals surface area contributed by atoms with E-state index in [1.165, 1.54) is 103 Å². The lowest BCUT2D eigenvalue weighted by Crippen LogP contribution is -2.99. The summed E-state index contributed by atoms with van der Waals surface area (Å²) in [6.07, 6.45) is -2.76. The molecule has 5 aromatic rings. The Labute approximate surface area is 381 Å². The number of phenols is 1. The van der Waals surface area contributed by atoms with Crippen LogP contribution in [0.2, 0.25) is 0 Å². The first-order chi connectivity index (χ1) is 31.8. The highest BCUT2D eigenvalue weighted by molar-refractivity contribution is 6.10. The van der Waals surface area contributed by atoms with Crippen LogP contribution in [0.1, 0.15) is 79.5 Å². The number of anilines is 4. The van der Waals surface area contributed by atoms with Gasteiger partial charge in [-0.25, -0.2) is 14.8 Å². The van der Waals surface area contributed by atoms with E-state index >= 15 is 0 Å². The number of methoxy groups -OCH3 is 1. The Hall–Kier alpha value is -8.37. The third-order valence-corrected chi connectivity index (χ3v) is 9.40. The second kappa shape index (κ2) is 22.0. The third kappa shape index (κ3) is 12.9. The average Bonchev–Trinajstić information content (AvgIpc) is 3.28. The highest BCUT2D eigenvalue weighted by atomic mass is 16.8. The number of hydrogen-bond donors (Lipinski definition) is 10. The summed E-state index contributed by atoms with van der Waals surface area (Å²) < 4.78 is 16.6. The van der Waals surface area contributed by atoms with Gasteiger partial charge in [0.05, 0.1) is 34.7 Å². The van der Waals surface area contributed by atoms with Crippen molar-refractivity contribution in [1.29, 1.82) is 0 Å². The zero-order chi connectivity index (χ0) is 49.1. The lowest BCUT2D eigenvalue weighted by Gasteiger charge is -2.23. The summed E-state index contributed by atoms with van der Waals surface area (Å²) in [5, 5.41) is 62.2. The van der Waals surface area contributed by atoms with Gasteiger partial charge in [0.1, 0.15) is 11.8 Å². The number of nitrogens with one attached hydrogen (secondary N) is 6. The van der Waals surface area contributed by atoms with E-state index in [1.54, 1.807) is 27.7 Å². The minimum absolute atomic E-state index is 0.00280. The van der Waals surface area contributed by atoms with Gasteiger partial charge in [-0.15, -0.1) is 0 Å². The molecule has 0 bridgehead atoms. The number of hydrogen-bond acceptors (Lipinski definition) is 13. The molecule has 0 saturated carbocycles. The Morgan fingerprint density at radius 2 is 1.09 bits per heavy atom. The van der Waals surface area contributed by atoms with E-state index in [9.17, 15) is 54.1 Å². The van der Waals surface area contributed by atoms with Crippen LogP contribution in [0.3, 0.4) is 0 Å². The van der Waals surface area contributed by atoms with Crippen molar-refractivity contribution in [3.05, 3.63) is 136 Å². The summed E-state index contributed by atoms with van der Waals surface area (Å²) in [5.41, 5.74) is 0.373. The van der Waals surface area contributed by atoms with Crippen LogP contribution in [0.5, 0.6) is 17.2 Å². The Bertz CT molecular complexity index is 2650. The van der Waals surface area contributed by atoms with E-state index in [4.69, 9.17) is 19.4 Å². The van der Waals surface area contributed by atoms with Crippen LogP contribution < -0.4 is 41.3 Å². The molecular formula is C46H46N6O15. The highest BCUT2D eigenvalue weighted by Crippen LogP contribution is 2.39. The van der Waals surface area contributed by atoms with Crippen molar-refractivity contribution < 1.29 is 73.5 Å². The molecule has 350 valence electrons. The molecule has 67 heavy (non-hydrogen) atoms. The number of phenolic OH excluding ortho intramolecular Hbond substituents is 1. The molecule has 0 heterocycles. The molecule has 0 aromatic heterocycles. The minimum Gasteiger partial charge on any atom is -0.595 e. The first kappa shape index (κ1) is 49.6. The topological polar surface area (TPSA) is 316 Å². The first-order valence-electron chi connectivity index (χ1n) is 20.2. The van der Waals surface area contributed by atoms with Crippen molar-refractivity contribution in [2.75, 3.05) is 28.4 Å². The van der Waals surface area contributed by atoms with E-state index in [2.05, 4.69) is 26.6 Å². The molecule has 0 aliphatic carbocycles. The van der Waals surface area contributed by atoms with Gasteiger partial charge in [0.2, 0.25) is 5.91 Å². The van der Waals surface area contributed by atoms with E-state index in [0.29, 0.717) is 0 Å². The molecule has 21 nitrogen and oxygen atoms in total. The van der Waals surface area contributed by atoms with Crippen LogP contribution in [-0.4, -0.2) is 93.5 Å². The maximum absolute atomic E-state index is 13.5. The number of ether oxygens (including phenoxy) is 3. The summed E-state index contributed by atoms with van der Waals surface area (Å²) in [6, 6.07) is 20.6. The van der Waals surface area contributed by atoms with Crippen molar-refractivity contribution in [2.24, 2.45) is 0 Å². The second-order valence-corrected chi connectivity index (χ2v) is 15.0. The SMILES string of the molecule is CO[C@@H](C(=O)O)[C@@H](NC(=O)c1ccc(NC(=O)c2ccc([NH+]([O-])O)cc2)cc1)C(=O)Nc1ccc(C(=O)Nc2ccc(C(=O)Nc3ccc(C(=O)O)cc3OC(C)C)c(O)c2OC(C)C)cc1. The summed E-state index contributed by atoms with van der Waals surface area (Å²) in [6.45, 7) is 6.74. The summed E-state index contributed by atoms with van der Waals surface area (Å²) >= 11 is 0. The highest BCUT2D eigenvalue weighted by Gasteiger charge is 2.36. The van der Waals surface area contributed by atoms with Crippen LogP contribution in [-0.2, 0) is 14.3 Å². The van der Waals surface area contributed by atoms with Gasteiger partial charge < -0.3 is 61.3 Å². The molecule has 1 unspecified atom stereocenters. The Morgan fingerprint density at radius 3 is 1.61 bits per heavy atom. The number of rotatable bonds is 19. The molecule has 3 atom stereocenters. The summed E-state index contributed by atoms with van der Waals surface area (Å²) in [4.78, 5) is 90.0. The third-order valence-electron chi connectivity index (χ3n) is 9.40. The van der Waals surface area contributed by atoms with E-state index in [1.807, 2.05) is 0 Å². The number of carbonyl (C=O) groups excluding carboxylic acids is 5. The van der Waals surface area contributed by atoms with Crippen molar-refractivity contribution in [3.63, 3.8) is 0 Å². The number of carboxylic acids is 2. The van der Waals surface area contributed by atoms with Gasteiger partial charge >= 0.3 is 11.9 Å². The Balaban J connectivity index is 1.27. The molecular weight excluding hydrogens is 877 g/mol. The predicted molar refractivity (Wildman–Crippen MR) is 240 cm³/mol.